The number of benzene rings is 1. The van der Waals surface area contributed by atoms with Gasteiger partial charge in [0, 0.05) is 23.8 Å². The van der Waals surface area contributed by atoms with Crippen molar-refractivity contribution >= 4 is 29.0 Å². The lowest BCUT2D eigenvalue weighted by Crippen LogP contribution is -2.39. The van der Waals surface area contributed by atoms with E-state index in [2.05, 4.69) is 23.8 Å². The minimum Gasteiger partial charge on any atom is -0.447 e. The van der Waals surface area contributed by atoms with Gasteiger partial charge in [0.25, 0.3) is 5.91 Å². The summed E-state index contributed by atoms with van der Waals surface area (Å²) in [5.41, 5.74) is 2.54. The first-order valence-corrected chi connectivity index (χ1v) is 9.41. The summed E-state index contributed by atoms with van der Waals surface area (Å²) in [5, 5.41) is 4.17. The van der Waals surface area contributed by atoms with Crippen molar-refractivity contribution in [3.8, 4) is 0 Å². The van der Waals surface area contributed by atoms with Gasteiger partial charge >= 0.3 is 6.09 Å². The molecule has 25 heavy (non-hydrogen) atoms. The summed E-state index contributed by atoms with van der Waals surface area (Å²) >= 11 is 1.67. The molecule has 0 radical (unpaired) electrons. The van der Waals surface area contributed by atoms with Crippen molar-refractivity contribution in [1.82, 2.24) is 4.90 Å². The highest BCUT2D eigenvalue weighted by atomic mass is 32.1. The Morgan fingerprint density at radius 3 is 2.88 bits per heavy atom. The quantitative estimate of drug-likeness (QED) is 0.789. The van der Waals surface area contributed by atoms with E-state index in [1.807, 2.05) is 24.0 Å². The van der Waals surface area contributed by atoms with Gasteiger partial charge in [-0.15, -0.1) is 0 Å². The van der Waals surface area contributed by atoms with Crippen molar-refractivity contribution in [3.05, 3.63) is 52.2 Å². The number of cyclic esters (lactones) is 1. The van der Waals surface area contributed by atoms with Crippen molar-refractivity contribution in [1.29, 1.82) is 0 Å². The van der Waals surface area contributed by atoms with Crippen LogP contribution in [0.3, 0.4) is 0 Å². The molecule has 2 aromatic rings. The fraction of sp³-hybridized carbons (Fsp3) is 0.368. The van der Waals surface area contributed by atoms with E-state index < -0.39 is 0 Å². The molecule has 1 aromatic heterocycles. The molecule has 0 aliphatic carbocycles. The van der Waals surface area contributed by atoms with Crippen LogP contribution in [-0.4, -0.2) is 42.6 Å². The van der Waals surface area contributed by atoms with Gasteiger partial charge in [0.15, 0.2) is 0 Å². The summed E-state index contributed by atoms with van der Waals surface area (Å²) in [6.45, 7) is 5.60. The van der Waals surface area contributed by atoms with Crippen LogP contribution < -0.4 is 4.90 Å². The number of ether oxygens (including phenoxy) is 1. The molecule has 0 saturated carbocycles. The van der Waals surface area contributed by atoms with Gasteiger partial charge < -0.3 is 9.64 Å². The number of hydrogen-bond acceptors (Lipinski definition) is 4. The average molecular weight is 358 g/mol. The molecule has 6 heteroatoms. The van der Waals surface area contributed by atoms with E-state index in [1.54, 1.807) is 28.4 Å². The molecule has 1 unspecified atom stereocenters. The van der Waals surface area contributed by atoms with Gasteiger partial charge in [0.05, 0.1) is 6.54 Å². The monoisotopic (exact) mass is 358 g/mol. The number of carbonyl (C=O) groups excluding carboxylic acids is 2. The topological polar surface area (TPSA) is 49.9 Å². The highest BCUT2D eigenvalue weighted by Crippen LogP contribution is 2.22. The van der Waals surface area contributed by atoms with Crippen LogP contribution in [-0.2, 0) is 11.2 Å². The predicted molar refractivity (Wildman–Crippen MR) is 99.3 cm³/mol. The fourth-order valence-electron chi connectivity index (χ4n) is 3.12. The third-order valence-electron chi connectivity index (χ3n) is 4.41. The summed E-state index contributed by atoms with van der Waals surface area (Å²) in [6, 6.07) is 9.41. The highest BCUT2D eigenvalue weighted by molar-refractivity contribution is 7.07. The summed E-state index contributed by atoms with van der Waals surface area (Å²) in [4.78, 5) is 28.2. The highest BCUT2D eigenvalue weighted by Gasteiger charge is 2.25. The molecule has 3 rings (SSSR count). The SMILES string of the molecule is CCN(C(=O)c1cccc(N2CCOC2=O)c1)C(C)Cc1ccsc1. The van der Waals surface area contributed by atoms with Gasteiger partial charge in [0.1, 0.15) is 6.61 Å². The maximum Gasteiger partial charge on any atom is 0.414 e. The third-order valence-corrected chi connectivity index (χ3v) is 5.14. The molecule has 2 amide bonds. The number of nitrogens with zero attached hydrogens (tertiary/aromatic N) is 2. The van der Waals surface area contributed by atoms with Crippen molar-refractivity contribution < 1.29 is 14.3 Å². The smallest absolute Gasteiger partial charge is 0.414 e. The molecule has 1 aliphatic heterocycles. The Balaban J connectivity index is 1.77. The first kappa shape index (κ1) is 17.5. The Bertz CT molecular complexity index is 745. The Hall–Kier alpha value is -2.34. The van der Waals surface area contributed by atoms with Crippen LogP contribution in [0.2, 0.25) is 0 Å². The van der Waals surface area contributed by atoms with E-state index in [4.69, 9.17) is 4.74 Å². The molecule has 0 bridgehead atoms. The van der Waals surface area contributed by atoms with Crippen LogP contribution in [0, 0.1) is 0 Å². The van der Waals surface area contributed by atoms with Crippen LogP contribution in [0.5, 0.6) is 0 Å². The molecular weight excluding hydrogens is 336 g/mol. The van der Waals surface area contributed by atoms with Crippen LogP contribution in [0.15, 0.2) is 41.1 Å². The van der Waals surface area contributed by atoms with Crippen LogP contribution in [0.4, 0.5) is 10.5 Å². The predicted octanol–water partition coefficient (Wildman–Crippen LogP) is 3.80. The van der Waals surface area contributed by atoms with Gasteiger partial charge in [-0.3, -0.25) is 9.69 Å². The molecule has 132 valence electrons. The zero-order valence-electron chi connectivity index (χ0n) is 14.5. The van der Waals surface area contributed by atoms with Crippen LogP contribution in [0.1, 0.15) is 29.8 Å². The van der Waals surface area contributed by atoms with Gasteiger partial charge in [-0.2, -0.15) is 11.3 Å². The molecule has 0 spiro atoms. The summed E-state index contributed by atoms with van der Waals surface area (Å²) in [7, 11) is 0. The third kappa shape index (κ3) is 3.85. The summed E-state index contributed by atoms with van der Waals surface area (Å²) < 4.78 is 4.98. The lowest BCUT2D eigenvalue weighted by molar-refractivity contribution is 0.0703. The largest absolute Gasteiger partial charge is 0.447 e. The second-order valence-corrected chi connectivity index (χ2v) is 6.87. The van der Waals surface area contributed by atoms with Crippen molar-refractivity contribution in [2.75, 3.05) is 24.6 Å². The van der Waals surface area contributed by atoms with Crippen molar-refractivity contribution in [3.63, 3.8) is 0 Å². The molecule has 5 nitrogen and oxygen atoms in total. The number of thiophene rings is 1. The lowest BCUT2D eigenvalue weighted by atomic mass is 10.1. The van der Waals surface area contributed by atoms with E-state index in [1.165, 1.54) is 5.56 Å². The van der Waals surface area contributed by atoms with Crippen LogP contribution in [0.25, 0.3) is 0 Å². The number of carbonyl (C=O) groups is 2. The molecule has 1 aromatic carbocycles. The normalized spacial score (nSPS) is 15.1. The second kappa shape index (κ2) is 7.70. The van der Waals surface area contributed by atoms with Gasteiger partial charge in [0.2, 0.25) is 0 Å². The summed E-state index contributed by atoms with van der Waals surface area (Å²) in [6.07, 6.45) is 0.476. The molecule has 1 saturated heterocycles. The Morgan fingerprint density at radius 1 is 1.40 bits per heavy atom. The molecule has 1 fully saturated rings. The number of likely N-dealkylation sites (N-methyl/N-ethyl adjacent to an activating group) is 1. The Morgan fingerprint density at radius 2 is 2.24 bits per heavy atom. The van der Waals surface area contributed by atoms with Gasteiger partial charge in [-0.05, 0) is 60.9 Å². The maximum atomic E-state index is 13.0. The van der Waals surface area contributed by atoms with E-state index in [0.29, 0.717) is 30.9 Å². The first-order valence-electron chi connectivity index (χ1n) is 8.46. The van der Waals surface area contributed by atoms with E-state index in [9.17, 15) is 9.59 Å². The fourth-order valence-corrected chi connectivity index (χ4v) is 3.80. The van der Waals surface area contributed by atoms with E-state index >= 15 is 0 Å². The number of anilines is 1. The van der Waals surface area contributed by atoms with Crippen molar-refractivity contribution in [2.24, 2.45) is 0 Å². The standard InChI is InChI=1S/C19H22N2O3S/c1-3-20(14(2)11-15-7-10-25-13-15)18(22)16-5-4-6-17(12-16)21-8-9-24-19(21)23/h4-7,10,12-14H,3,8-9,11H2,1-2H3. The van der Waals surface area contributed by atoms with Gasteiger partial charge in [-0.1, -0.05) is 6.07 Å². The Labute approximate surface area is 151 Å². The zero-order valence-corrected chi connectivity index (χ0v) is 15.3. The van der Waals surface area contributed by atoms with Crippen LogP contribution >= 0.6 is 11.3 Å². The van der Waals surface area contributed by atoms with Crippen molar-refractivity contribution in [2.45, 2.75) is 26.3 Å². The number of hydrogen-bond donors (Lipinski definition) is 0. The number of rotatable bonds is 6. The molecule has 0 N–H and O–H groups in total. The molecule has 1 aliphatic rings. The zero-order chi connectivity index (χ0) is 17.8. The lowest BCUT2D eigenvalue weighted by Gasteiger charge is -2.28. The van der Waals surface area contributed by atoms with E-state index in [0.717, 1.165) is 6.42 Å². The second-order valence-electron chi connectivity index (χ2n) is 6.09. The molecule has 2 heterocycles. The Kier molecular flexibility index (Phi) is 5.38. The van der Waals surface area contributed by atoms with E-state index in [-0.39, 0.29) is 18.0 Å². The summed E-state index contributed by atoms with van der Waals surface area (Å²) in [5.74, 6) is -0.0142. The molecular formula is C19H22N2O3S. The van der Waals surface area contributed by atoms with Gasteiger partial charge in [-0.25, -0.2) is 4.79 Å². The minimum absolute atomic E-state index is 0.0142. The molecule has 1 atom stereocenters. The average Bonchev–Trinajstić information content (AvgIpc) is 3.27. The minimum atomic E-state index is -0.359. The maximum absolute atomic E-state index is 13.0. The number of amides is 2. The first-order chi connectivity index (χ1) is 12.1.